The maximum absolute atomic E-state index is 11.4. The van der Waals surface area contributed by atoms with E-state index in [1.54, 1.807) is 0 Å². The van der Waals surface area contributed by atoms with Gasteiger partial charge in [0.25, 0.3) is 0 Å². The van der Waals surface area contributed by atoms with Crippen LogP contribution in [0.3, 0.4) is 0 Å². The molecule has 0 aliphatic rings. The average Bonchev–Trinajstić information content (AvgIpc) is 1.93. The smallest absolute Gasteiger partial charge is 0.211 e. The first-order valence-corrected chi connectivity index (χ1v) is 8.20. The molecule has 0 aromatic rings. The summed E-state index contributed by atoms with van der Waals surface area (Å²) in [5.41, 5.74) is 2.71. The second-order valence-corrected chi connectivity index (χ2v) is 10.1. The molecule has 14 heavy (non-hydrogen) atoms. The Morgan fingerprint density at radius 3 is 1.93 bits per heavy atom. The summed E-state index contributed by atoms with van der Waals surface area (Å²) in [6.45, 7) is 12.0. The van der Waals surface area contributed by atoms with Gasteiger partial charge in [0.15, 0.2) is 0 Å². The Morgan fingerprint density at radius 2 is 1.57 bits per heavy atom. The van der Waals surface area contributed by atoms with Crippen molar-refractivity contribution in [1.29, 1.82) is 0 Å². The molecule has 0 aliphatic carbocycles. The van der Waals surface area contributed by atoms with Gasteiger partial charge in [0.1, 0.15) is 8.07 Å². The topological polar surface area (TPSA) is 17.1 Å². The summed E-state index contributed by atoms with van der Waals surface area (Å²) in [6, 6.07) is 0. The molecule has 0 heterocycles. The summed E-state index contributed by atoms with van der Waals surface area (Å²) in [7, 11) is -1.35. The molecule has 0 spiro atoms. The number of ketones is 1. The number of rotatable bonds is 0. The zero-order valence-corrected chi connectivity index (χ0v) is 10.9. The molecular formula is C12H18OSi. The fraction of sp³-hybridized carbons (Fsp3) is 0.583. The molecule has 1 nitrogen and oxygen atoms in total. The van der Waals surface area contributed by atoms with Crippen molar-refractivity contribution in [2.24, 2.45) is 5.41 Å². The minimum atomic E-state index is -1.35. The Labute approximate surface area is 88.3 Å². The van der Waals surface area contributed by atoms with Gasteiger partial charge in [-0.3, -0.25) is 4.79 Å². The number of carbonyl (C=O) groups excluding carboxylic acids is 1. The molecule has 2 heteroatoms. The fourth-order valence-electron chi connectivity index (χ4n) is 0.494. The second-order valence-electron chi connectivity index (χ2n) is 5.33. The van der Waals surface area contributed by atoms with E-state index in [1.165, 1.54) is 0 Å². The van der Waals surface area contributed by atoms with Crippen molar-refractivity contribution < 1.29 is 4.79 Å². The Bertz CT molecular complexity index is 331. The van der Waals surface area contributed by atoms with Crippen molar-refractivity contribution in [2.45, 2.75) is 40.4 Å². The standard InChI is InChI=1S/C12H18OSi/c1-12(2,3)11(13)9-7-8-10-14(4,5)6/h1-6H3. The van der Waals surface area contributed by atoms with E-state index in [-0.39, 0.29) is 11.2 Å². The summed E-state index contributed by atoms with van der Waals surface area (Å²) in [5, 5.41) is 0. The second kappa shape index (κ2) is 4.49. The van der Waals surface area contributed by atoms with E-state index < -0.39 is 8.07 Å². The SMILES string of the molecule is CC(C)(C)C(=O)C#CC#C[Si](C)(C)C. The maximum Gasteiger partial charge on any atom is 0.211 e. The van der Waals surface area contributed by atoms with Crippen molar-refractivity contribution in [3.8, 4) is 23.3 Å². The van der Waals surface area contributed by atoms with Gasteiger partial charge in [0.2, 0.25) is 5.78 Å². The lowest BCUT2D eigenvalue weighted by atomic mass is 9.91. The van der Waals surface area contributed by atoms with Crippen LogP contribution in [-0.4, -0.2) is 13.9 Å². The van der Waals surface area contributed by atoms with E-state index in [2.05, 4.69) is 42.9 Å². The molecule has 0 fully saturated rings. The van der Waals surface area contributed by atoms with Crippen LogP contribution in [0.25, 0.3) is 0 Å². The maximum atomic E-state index is 11.4. The highest BCUT2D eigenvalue weighted by Crippen LogP contribution is 2.13. The van der Waals surface area contributed by atoms with Gasteiger partial charge in [-0.25, -0.2) is 0 Å². The van der Waals surface area contributed by atoms with Crippen LogP contribution in [0.2, 0.25) is 19.6 Å². The highest BCUT2D eigenvalue weighted by molar-refractivity contribution is 6.83. The van der Waals surface area contributed by atoms with Crippen molar-refractivity contribution in [3.63, 3.8) is 0 Å². The fourth-order valence-corrected chi connectivity index (χ4v) is 0.932. The predicted octanol–water partition coefficient (Wildman–Crippen LogP) is 2.49. The molecule has 0 aliphatic heterocycles. The monoisotopic (exact) mass is 206 g/mol. The average molecular weight is 206 g/mol. The van der Waals surface area contributed by atoms with Crippen molar-refractivity contribution in [1.82, 2.24) is 0 Å². The van der Waals surface area contributed by atoms with Crippen LogP contribution in [0, 0.1) is 28.7 Å². The van der Waals surface area contributed by atoms with E-state index in [9.17, 15) is 4.79 Å². The van der Waals surface area contributed by atoms with Crippen molar-refractivity contribution in [3.05, 3.63) is 0 Å². The Hall–Kier alpha value is -0.993. The van der Waals surface area contributed by atoms with Gasteiger partial charge in [-0.2, -0.15) is 0 Å². The van der Waals surface area contributed by atoms with Gasteiger partial charge in [-0.1, -0.05) is 40.4 Å². The summed E-state index contributed by atoms with van der Waals surface area (Å²) in [6.07, 6.45) is 0. The lowest BCUT2D eigenvalue weighted by Crippen LogP contribution is -2.17. The molecule has 0 bridgehead atoms. The van der Waals surface area contributed by atoms with Crippen molar-refractivity contribution in [2.75, 3.05) is 0 Å². The normalized spacial score (nSPS) is 10.7. The lowest BCUT2D eigenvalue weighted by molar-refractivity contribution is -0.120. The van der Waals surface area contributed by atoms with E-state index in [1.807, 2.05) is 20.8 Å². The minimum Gasteiger partial charge on any atom is -0.284 e. The molecule has 76 valence electrons. The first kappa shape index (κ1) is 13.0. The van der Waals surface area contributed by atoms with Crippen LogP contribution in [-0.2, 0) is 4.79 Å². The summed E-state index contributed by atoms with van der Waals surface area (Å²) < 4.78 is 0. The van der Waals surface area contributed by atoms with Crippen LogP contribution in [0.4, 0.5) is 0 Å². The molecule has 0 amide bonds. The molecule has 0 rings (SSSR count). The Balaban J connectivity index is 4.48. The van der Waals surface area contributed by atoms with Gasteiger partial charge in [0.05, 0.1) is 0 Å². The third kappa shape index (κ3) is 6.52. The molecule has 0 saturated heterocycles. The third-order valence-electron chi connectivity index (χ3n) is 1.36. The third-order valence-corrected chi connectivity index (χ3v) is 2.23. The van der Waals surface area contributed by atoms with Gasteiger partial charge in [0, 0.05) is 5.41 Å². The van der Waals surface area contributed by atoms with E-state index in [4.69, 9.17) is 0 Å². The number of hydrogen-bond donors (Lipinski definition) is 0. The zero-order valence-electron chi connectivity index (χ0n) is 9.91. The zero-order chi connectivity index (χ0) is 11.4. The van der Waals surface area contributed by atoms with E-state index in [0.717, 1.165) is 0 Å². The molecule has 0 saturated carbocycles. The first-order valence-electron chi connectivity index (χ1n) is 4.70. The summed E-state index contributed by atoms with van der Waals surface area (Å²) in [5.74, 6) is 7.88. The van der Waals surface area contributed by atoms with Crippen LogP contribution in [0.5, 0.6) is 0 Å². The van der Waals surface area contributed by atoms with Crippen LogP contribution < -0.4 is 0 Å². The minimum absolute atomic E-state index is 0.0534. The number of carbonyl (C=O) groups is 1. The first-order chi connectivity index (χ1) is 6.13. The molecule has 0 aromatic carbocycles. The highest BCUT2D eigenvalue weighted by Gasteiger charge is 2.18. The highest BCUT2D eigenvalue weighted by atomic mass is 28.3. The van der Waals surface area contributed by atoms with Crippen LogP contribution >= 0.6 is 0 Å². The molecular weight excluding hydrogens is 188 g/mol. The molecule has 0 unspecified atom stereocenters. The molecule has 0 aromatic heterocycles. The molecule has 0 N–H and O–H groups in total. The van der Waals surface area contributed by atoms with Gasteiger partial charge in [-0.05, 0) is 17.8 Å². The predicted molar refractivity (Wildman–Crippen MR) is 63.4 cm³/mol. The number of hydrogen-bond acceptors (Lipinski definition) is 1. The van der Waals surface area contributed by atoms with Gasteiger partial charge < -0.3 is 0 Å². The lowest BCUT2D eigenvalue weighted by Gasteiger charge is -2.10. The number of Topliss-reactive ketones (excluding diaryl/α,β-unsaturated/α-hetero) is 1. The molecule has 0 atom stereocenters. The summed E-state index contributed by atoms with van der Waals surface area (Å²) in [4.78, 5) is 11.4. The largest absolute Gasteiger partial charge is 0.284 e. The van der Waals surface area contributed by atoms with Gasteiger partial charge in [-0.15, -0.1) is 5.54 Å². The molecule has 0 radical (unpaired) electrons. The van der Waals surface area contributed by atoms with Crippen LogP contribution in [0.15, 0.2) is 0 Å². The van der Waals surface area contributed by atoms with E-state index in [0.29, 0.717) is 0 Å². The summed E-state index contributed by atoms with van der Waals surface area (Å²) >= 11 is 0. The Kier molecular flexibility index (Phi) is 4.17. The van der Waals surface area contributed by atoms with E-state index >= 15 is 0 Å². The van der Waals surface area contributed by atoms with Gasteiger partial charge >= 0.3 is 0 Å². The Morgan fingerprint density at radius 1 is 1.07 bits per heavy atom. The van der Waals surface area contributed by atoms with Crippen LogP contribution in [0.1, 0.15) is 20.8 Å². The quantitative estimate of drug-likeness (QED) is 0.338. The van der Waals surface area contributed by atoms with Crippen molar-refractivity contribution >= 4 is 13.9 Å².